The first-order valence-corrected chi connectivity index (χ1v) is 6.49. The molecule has 0 radical (unpaired) electrons. The highest BCUT2D eigenvalue weighted by molar-refractivity contribution is 6.09. The van der Waals surface area contributed by atoms with E-state index in [-0.39, 0.29) is 0 Å². The largest absolute Gasteiger partial charge is 0.496 e. The molecule has 0 amide bonds. The lowest BCUT2D eigenvalue weighted by atomic mass is 10.0. The molecule has 106 valence electrons. The highest BCUT2D eigenvalue weighted by atomic mass is 16.5. The van der Waals surface area contributed by atoms with Gasteiger partial charge in [0.15, 0.2) is 5.76 Å². The van der Waals surface area contributed by atoms with Crippen LogP contribution in [0.3, 0.4) is 0 Å². The molecule has 21 heavy (non-hydrogen) atoms. The van der Waals surface area contributed by atoms with Crippen LogP contribution in [0.15, 0.2) is 52.9 Å². The Balaban J connectivity index is 2.34. The molecule has 4 heteroatoms. The summed E-state index contributed by atoms with van der Waals surface area (Å²) in [5.41, 5.74) is 1.77. The normalized spacial score (nSPS) is 10.6. The van der Waals surface area contributed by atoms with Gasteiger partial charge in [0.1, 0.15) is 16.9 Å². The third-order valence-electron chi connectivity index (χ3n) is 3.34. The number of fused-ring (bicyclic) bond motifs is 1. The van der Waals surface area contributed by atoms with Gasteiger partial charge >= 0.3 is 5.97 Å². The van der Waals surface area contributed by atoms with Crippen LogP contribution in [0.25, 0.3) is 22.3 Å². The average Bonchev–Trinajstić information content (AvgIpc) is 2.93. The maximum atomic E-state index is 12.2. The maximum Gasteiger partial charge on any atom is 0.342 e. The number of para-hydroxylation sites is 2. The Hall–Kier alpha value is -2.75. The molecular formula is C17H14O4. The van der Waals surface area contributed by atoms with E-state index in [1.165, 1.54) is 7.11 Å². The van der Waals surface area contributed by atoms with Crippen molar-refractivity contribution in [1.82, 2.24) is 0 Å². The molecule has 0 N–H and O–H groups in total. The van der Waals surface area contributed by atoms with Crippen molar-refractivity contribution in [1.29, 1.82) is 0 Å². The van der Waals surface area contributed by atoms with Crippen LogP contribution >= 0.6 is 0 Å². The van der Waals surface area contributed by atoms with E-state index in [2.05, 4.69) is 0 Å². The molecule has 3 rings (SSSR count). The fraction of sp³-hybridized carbons (Fsp3) is 0.118. The molecule has 2 aromatic carbocycles. The van der Waals surface area contributed by atoms with Crippen LogP contribution in [0.1, 0.15) is 10.4 Å². The predicted octanol–water partition coefficient (Wildman–Crippen LogP) is 3.90. The molecule has 0 bridgehead atoms. The summed E-state index contributed by atoms with van der Waals surface area (Å²) in [7, 11) is 2.94. The van der Waals surface area contributed by atoms with Crippen LogP contribution < -0.4 is 4.74 Å². The van der Waals surface area contributed by atoms with E-state index < -0.39 is 5.97 Å². The molecule has 0 fully saturated rings. The highest BCUT2D eigenvalue weighted by Crippen LogP contribution is 2.38. The van der Waals surface area contributed by atoms with Gasteiger partial charge in [-0.2, -0.15) is 0 Å². The SMILES string of the molecule is COC(=O)c1c(-c2ccccc2OC)oc2ccccc12. The standard InChI is InChI=1S/C17H14O4/c1-19-13-9-5-4-8-12(13)16-15(17(18)20-2)11-7-3-6-10-14(11)21-16/h3-10H,1-2H3. The molecule has 0 unspecified atom stereocenters. The predicted molar refractivity (Wildman–Crippen MR) is 79.5 cm³/mol. The number of esters is 1. The van der Waals surface area contributed by atoms with Crippen LogP contribution in [0, 0.1) is 0 Å². The van der Waals surface area contributed by atoms with E-state index in [1.54, 1.807) is 7.11 Å². The number of hydrogen-bond donors (Lipinski definition) is 0. The summed E-state index contributed by atoms with van der Waals surface area (Å²) in [5.74, 6) is 0.670. The summed E-state index contributed by atoms with van der Waals surface area (Å²) in [5, 5.41) is 0.727. The Morgan fingerprint density at radius 3 is 2.48 bits per heavy atom. The van der Waals surface area contributed by atoms with Crippen molar-refractivity contribution in [2.24, 2.45) is 0 Å². The Morgan fingerprint density at radius 2 is 1.71 bits per heavy atom. The zero-order valence-corrected chi connectivity index (χ0v) is 11.8. The molecule has 0 aliphatic carbocycles. The summed E-state index contributed by atoms with van der Waals surface area (Å²) in [4.78, 5) is 12.2. The smallest absolute Gasteiger partial charge is 0.342 e. The maximum absolute atomic E-state index is 12.2. The molecule has 1 aromatic heterocycles. The van der Waals surface area contributed by atoms with Gasteiger partial charge in [-0.3, -0.25) is 0 Å². The third kappa shape index (κ3) is 2.14. The van der Waals surface area contributed by atoms with Crippen molar-refractivity contribution in [3.8, 4) is 17.1 Å². The van der Waals surface area contributed by atoms with Crippen molar-refractivity contribution in [3.63, 3.8) is 0 Å². The first-order valence-electron chi connectivity index (χ1n) is 6.49. The van der Waals surface area contributed by atoms with E-state index in [9.17, 15) is 4.79 Å². The first kappa shape index (κ1) is 13.2. The lowest BCUT2D eigenvalue weighted by molar-refractivity contribution is 0.0603. The number of furan rings is 1. The molecule has 1 heterocycles. The van der Waals surface area contributed by atoms with Gasteiger partial charge in [-0.25, -0.2) is 4.79 Å². The molecule has 0 atom stereocenters. The number of ether oxygens (including phenoxy) is 2. The lowest BCUT2D eigenvalue weighted by Gasteiger charge is -2.07. The van der Waals surface area contributed by atoms with E-state index in [1.807, 2.05) is 48.5 Å². The Kier molecular flexibility index (Phi) is 3.36. The zero-order chi connectivity index (χ0) is 14.8. The number of benzene rings is 2. The average molecular weight is 282 g/mol. The van der Waals surface area contributed by atoms with E-state index >= 15 is 0 Å². The highest BCUT2D eigenvalue weighted by Gasteiger charge is 2.24. The molecule has 0 saturated carbocycles. The van der Waals surface area contributed by atoms with Crippen molar-refractivity contribution in [3.05, 3.63) is 54.1 Å². The second-order valence-electron chi connectivity index (χ2n) is 4.49. The first-order chi connectivity index (χ1) is 10.3. The van der Waals surface area contributed by atoms with Gasteiger partial charge in [0.25, 0.3) is 0 Å². The Labute approximate surface area is 121 Å². The molecule has 4 nitrogen and oxygen atoms in total. The van der Waals surface area contributed by atoms with Crippen molar-refractivity contribution >= 4 is 16.9 Å². The second kappa shape index (κ2) is 5.32. The van der Waals surface area contributed by atoms with Gasteiger partial charge in [-0.1, -0.05) is 30.3 Å². The summed E-state index contributed by atoms with van der Waals surface area (Å²) in [6, 6.07) is 14.8. The van der Waals surface area contributed by atoms with E-state index in [4.69, 9.17) is 13.9 Å². The van der Waals surface area contributed by atoms with Gasteiger partial charge in [-0.05, 0) is 18.2 Å². The number of carbonyl (C=O) groups excluding carboxylic acids is 1. The van der Waals surface area contributed by atoms with Gasteiger partial charge in [0.2, 0.25) is 0 Å². The summed E-state index contributed by atoms with van der Waals surface area (Å²) in [6.07, 6.45) is 0. The summed E-state index contributed by atoms with van der Waals surface area (Å²) >= 11 is 0. The zero-order valence-electron chi connectivity index (χ0n) is 11.8. The van der Waals surface area contributed by atoms with E-state index in [0.29, 0.717) is 22.7 Å². The van der Waals surface area contributed by atoms with Gasteiger partial charge < -0.3 is 13.9 Å². The second-order valence-corrected chi connectivity index (χ2v) is 4.49. The number of rotatable bonds is 3. The molecule has 0 saturated heterocycles. The Bertz CT molecular complexity index is 801. The number of methoxy groups -OCH3 is 2. The third-order valence-corrected chi connectivity index (χ3v) is 3.34. The number of carbonyl (C=O) groups is 1. The quantitative estimate of drug-likeness (QED) is 0.684. The van der Waals surface area contributed by atoms with Crippen molar-refractivity contribution in [2.75, 3.05) is 14.2 Å². The van der Waals surface area contributed by atoms with Gasteiger partial charge in [0.05, 0.1) is 19.8 Å². The summed E-state index contributed by atoms with van der Waals surface area (Å²) < 4.78 is 16.1. The van der Waals surface area contributed by atoms with Crippen LogP contribution in [0.5, 0.6) is 5.75 Å². The van der Waals surface area contributed by atoms with Crippen molar-refractivity contribution in [2.45, 2.75) is 0 Å². The van der Waals surface area contributed by atoms with Crippen LogP contribution in [-0.2, 0) is 4.74 Å². The molecule has 3 aromatic rings. The van der Waals surface area contributed by atoms with Gasteiger partial charge in [0, 0.05) is 5.39 Å². The fourth-order valence-corrected chi connectivity index (χ4v) is 2.37. The van der Waals surface area contributed by atoms with Crippen LogP contribution in [-0.4, -0.2) is 20.2 Å². The minimum Gasteiger partial charge on any atom is -0.496 e. The fourth-order valence-electron chi connectivity index (χ4n) is 2.37. The minimum atomic E-state index is -0.430. The lowest BCUT2D eigenvalue weighted by Crippen LogP contribution is -2.02. The summed E-state index contributed by atoms with van der Waals surface area (Å²) in [6.45, 7) is 0. The van der Waals surface area contributed by atoms with Crippen molar-refractivity contribution < 1.29 is 18.7 Å². The van der Waals surface area contributed by atoms with Crippen LogP contribution in [0.2, 0.25) is 0 Å². The minimum absolute atomic E-state index is 0.414. The van der Waals surface area contributed by atoms with E-state index in [0.717, 1.165) is 10.9 Å². The molecule has 0 aliphatic rings. The molecule has 0 spiro atoms. The Morgan fingerprint density at radius 1 is 1.00 bits per heavy atom. The monoisotopic (exact) mass is 282 g/mol. The number of hydrogen-bond acceptors (Lipinski definition) is 4. The van der Waals surface area contributed by atoms with Crippen LogP contribution in [0.4, 0.5) is 0 Å². The molecular weight excluding hydrogens is 268 g/mol. The van der Waals surface area contributed by atoms with Gasteiger partial charge in [-0.15, -0.1) is 0 Å². The molecule has 0 aliphatic heterocycles. The topological polar surface area (TPSA) is 48.7 Å².